The van der Waals surface area contributed by atoms with Gasteiger partial charge in [0, 0.05) is 42.9 Å². The molecule has 2 unspecified atom stereocenters. The summed E-state index contributed by atoms with van der Waals surface area (Å²) in [7, 11) is 0. The highest BCUT2D eigenvalue weighted by atomic mass is 16.2. The first-order valence-corrected chi connectivity index (χ1v) is 10.3. The molecule has 2 saturated heterocycles. The molecule has 2 atom stereocenters. The zero-order valence-corrected chi connectivity index (χ0v) is 17.0. The normalized spacial score (nSPS) is 25.8. The van der Waals surface area contributed by atoms with Gasteiger partial charge in [-0.05, 0) is 42.7 Å². The third kappa shape index (κ3) is 3.29. The number of carbonyl (C=O) groups excluding carboxylic acids is 3. The molecule has 0 aromatic heterocycles. The van der Waals surface area contributed by atoms with Gasteiger partial charge < -0.3 is 9.80 Å². The van der Waals surface area contributed by atoms with Crippen molar-refractivity contribution in [3.8, 4) is 0 Å². The molecule has 3 aliphatic rings. The zero-order chi connectivity index (χ0) is 20.1. The topological polar surface area (TPSA) is 69.7 Å². The quantitative estimate of drug-likeness (QED) is 0.798. The molecule has 1 aromatic carbocycles. The van der Waals surface area contributed by atoms with Crippen molar-refractivity contribution in [2.75, 3.05) is 18.0 Å². The Kier molecular flexibility index (Phi) is 4.68. The second-order valence-electron chi connectivity index (χ2n) is 9.35. The fourth-order valence-electron chi connectivity index (χ4n) is 4.77. The van der Waals surface area contributed by atoms with E-state index in [1.807, 2.05) is 12.1 Å². The number of nitrogens with zero attached hydrogens (tertiary/aromatic N) is 2. The zero-order valence-electron chi connectivity index (χ0n) is 17.0. The molecule has 2 fully saturated rings. The van der Waals surface area contributed by atoms with Crippen LogP contribution in [0.3, 0.4) is 0 Å². The molecule has 28 heavy (non-hydrogen) atoms. The maximum atomic E-state index is 13.0. The summed E-state index contributed by atoms with van der Waals surface area (Å²) in [5, 5.41) is 2.37. The van der Waals surface area contributed by atoms with Crippen molar-refractivity contribution in [3.63, 3.8) is 0 Å². The number of benzene rings is 1. The maximum Gasteiger partial charge on any atom is 0.255 e. The largest absolute Gasteiger partial charge is 0.371 e. The fourth-order valence-corrected chi connectivity index (χ4v) is 4.77. The summed E-state index contributed by atoms with van der Waals surface area (Å²) in [6, 6.07) is 5.35. The maximum absolute atomic E-state index is 13.0. The number of hydrogen-bond donors (Lipinski definition) is 1. The van der Waals surface area contributed by atoms with E-state index in [0.29, 0.717) is 24.4 Å². The number of nitrogens with one attached hydrogen (secondary N) is 1. The molecule has 0 radical (unpaired) electrons. The number of fused-ring (bicyclic) bond motifs is 1. The van der Waals surface area contributed by atoms with Gasteiger partial charge in [-0.25, -0.2) is 0 Å². The van der Waals surface area contributed by atoms with Crippen molar-refractivity contribution in [2.24, 2.45) is 11.3 Å². The molecule has 3 heterocycles. The molecule has 0 aliphatic carbocycles. The predicted molar refractivity (Wildman–Crippen MR) is 107 cm³/mol. The summed E-state index contributed by atoms with van der Waals surface area (Å²) in [4.78, 5) is 40.8. The van der Waals surface area contributed by atoms with Gasteiger partial charge in [0.1, 0.15) is 6.04 Å². The van der Waals surface area contributed by atoms with Crippen LogP contribution in [0.25, 0.3) is 0 Å². The van der Waals surface area contributed by atoms with Gasteiger partial charge in [0.05, 0.1) is 0 Å². The third-order valence-corrected chi connectivity index (χ3v) is 6.54. The van der Waals surface area contributed by atoms with Gasteiger partial charge in [0.25, 0.3) is 5.91 Å². The summed E-state index contributed by atoms with van der Waals surface area (Å²) in [5.74, 6) is -0.103. The first-order chi connectivity index (χ1) is 13.3. The van der Waals surface area contributed by atoms with Crippen molar-refractivity contribution >= 4 is 23.4 Å². The average molecular weight is 383 g/mol. The molecular weight excluding hydrogens is 354 g/mol. The second-order valence-corrected chi connectivity index (χ2v) is 9.35. The standard InChI is InChI=1S/C22H29N3O3/c1-22(2,3)14-6-5-11-24(12-14)17-8-4-7-15-16(17)13-25(21(15)28)18-9-10-19(26)23-20(18)27/h4,7-8,14,18H,5-6,9-13H2,1-3H3,(H,23,26,27). The number of amides is 3. The molecule has 1 N–H and O–H groups in total. The van der Waals surface area contributed by atoms with Crippen molar-refractivity contribution in [3.05, 3.63) is 29.3 Å². The van der Waals surface area contributed by atoms with E-state index >= 15 is 0 Å². The van der Waals surface area contributed by atoms with Crippen LogP contribution in [0.2, 0.25) is 0 Å². The first kappa shape index (κ1) is 19.0. The Hall–Kier alpha value is -2.37. The number of rotatable bonds is 2. The Morgan fingerprint density at radius 1 is 1.11 bits per heavy atom. The Bertz CT molecular complexity index is 827. The number of imide groups is 1. The number of piperidine rings is 2. The van der Waals surface area contributed by atoms with E-state index in [-0.39, 0.29) is 29.6 Å². The van der Waals surface area contributed by atoms with Crippen LogP contribution in [0.4, 0.5) is 5.69 Å². The summed E-state index contributed by atoms with van der Waals surface area (Å²) >= 11 is 0. The van der Waals surface area contributed by atoms with Crippen molar-refractivity contribution in [1.82, 2.24) is 10.2 Å². The SMILES string of the molecule is CC(C)(C)C1CCCN(c2cccc3c2CN(C2CCC(=O)NC2=O)C3=O)C1. The first-order valence-electron chi connectivity index (χ1n) is 10.3. The van der Waals surface area contributed by atoms with E-state index in [1.54, 1.807) is 4.90 Å². The Balaban J connectivity index is 1.60. The molecule has 1 aromatic rings. The van der Waals surface area contributed by atoms with Crippen molar-refractivity contribution in [1.29, 1.82) is 0 Å². The van der Waals surface area contributed by atoms with Crippen LogP contribution in [-0.2, 0) is 16.1 Å². The van der Waals surface area contributed by atoms with Gasteiger partial charge in [0.2, 0.25) is 11.8 Å². The monoisotopic (exact) mass is 383 g/mol. The van der Waals surface area contributed by atoms with Gasteiger partial charge >= 0.3 is 0 Å². The summed E-state index contributed by atoms with van der Waals surface area (Å²) < 4.78 is 0. The highest BCUT2D eigenvalue weighted by Gasteiger charge is 2.40. The lowest BCUT2D eigenvalue weighted by atomic mass is 9.76. The second kappa shape index (κ2) is 6.90. The number of anilines is 1. The molecule has 3 amide bonds. The minimum absolute atomic E-state index is 0.101. The smallest absolute Gasteiger partial charge is 0.255 e. The molecule has 0 saturated carbocycles. The van der Waals surface area contributed by atoms with E-state index in [0.717, 1.165) is 30.8 Å². The van der Waals surface area contributed by atoms with Crippen LogP contribution in [-0.4, -0.2) is 41.8 Å². The molecule has 4 rings (SSSR count). The minimum Gasteiger partial charge on any atom is -0.371 e. The van der Waals surface area contributed by atoms with Gasteiger partial charge in [-0.15, -0.1) is 0 Å². The van der Waals surface area contributed by atoms with E-state index in [4.69, 9.17) is 0 Å². The van der Waals surface area contributed by atoms with Crippen LogP contribution in [0.15, 0.2) is 18.2 Å². The molecule has 0 bridgehead atoms. The highest BCUT2D eigenvalue weighted by molar-refractivity contribution is 6.06. The van der Waals surface area contributed by atoms with Gasteiger partial charge in [-0.2, -0.15) is 0 Å². The van der Waals surface area contributed by atoms with Crippen LogP contribution >= 0.6 is 0 Å². The molecule has 150 valence electrons. The predicted octanol–water partition coefficient (Wildman–Crippen LogP) is 2.71. The number of hydrogen-bond acceptors (Lipinski definition) is 4. The highest BCUT2D eigenvalue weighted by Crippen LogP contribution is 2.39. The van der Waals surface area contributed by atoms with Gasteiger partial charge in [-0.3, -0.25) is 19.7 Å². The van der Waals surface area contributed by atoms with E-state index in [9.17, 15) is 14.4 Å². The average Bonchev–Trinajstić information content (AvgIpc) is 2.98. The third-order valence-electron chi connectivity index (χ3n) is 6.54. The lowest BCUT2D eigenvalue weighted by Gasteiger charge is -2.41. The van der Waals surface area contributed by atoms with Crippen LogP contribution in [0.5, 0.6) is 0 Å². The van der Waals surface area contributed by atoms with Crippen LogP contribution < -0.4 is 10.2 Å². The van der Waals surface area contributed by atoms with E-state index < -0.39 is 6.04 Å². The van der Waals surface area contributed by atoms with Gasteiger partial charge in [0.15, 0.2) is 0 Å². The van der Waals surface area contributed by atoms with Crippen LogP contribution in [0, 0.1) is 11.3 Å². The molecule has 6 heteroatoms. The number of carbonyl (C=O) groups is 3. The van der Waals surface area contributed by atoms with Gasteiger partial charge in [-0.1, -0.05) is 26.8 Å². The summed E-state index contributed by atoms with van der Waals surface area (Å²) in [6.07, 6.45) is 3.06. The van der Waals surface area contributed by atoms with Crippen molar-refractivity contribution < 1.29 is 14.4 Å². The Morgan fingerprint density at radius 3 is 2.61 bits per heavy atom. The Morgan fingerprint density at radius 2 is 1.89 bits per heavy atom. The summed E-state index contributed by atoms with van der Waals surface area (Å²) in [6.45, 7) is 9.32. The van der Waals surface area contributed by atoms with E-state index in [2.05, 4.69) is 37.1 Å². The Labute approximate surface area is 166 Å². The lowest BCUT2D eigenvalue weighted by molar-refractivity contribution is -0.136. The van der Waals surface area contributed by atoms with E-state index in [1.165, 1.54) is 6.42 Å². The molecule has 6 nitrogen and oxygen atoms in total. The molecule has 3 aliphatic heterocycles. The molecule has 0 spiro atoms. The van der Waals surface area contributed by atoms with Crippen molar-refractivity contribution in [2.45, 2.75) is 59.0 Å². The lowest BCUT2D eigenvalue weighted by Crippen LogP contribution is -2.52. The fraction of sp³-hybridized carbons (Fsp3) is 0.591. The summed E-state index contributed by atoms with van der Waals surface area (Å²) in [5.41, 5.74) is 3.09. The van der Waals surface area contributed by atoms with Crippen LogP contribution in [0.1, 0.15) is 62.4 Å². The molecular formula is C22H29N3O3. The minimum atomic E-state index is -0.561.